The second-order valence-corrected chi connectivity index (χ2v) is 4.94. The first-order valence-corrected chi connectivity index (χ1v) is 6.21. The maximum Gasteiger partial charge on any atom is 0.159 e. The number of hydrogen-bond acceptors (Lipinski definition) is 3. The van der Waals surface area contributed by atoms with Crippen molar-refractivity contribution in [3.05, 3.63) is 45.7 Å². The lowest BCUT2D eigenvalue weighted by Gasteiger charge is -2.09. The topological polar surface area (TPSA) is 46.0 Å². The molecule has 1 N–H and O–H groups in total. The van der Waals surface area contributed by atoms with E-state index < -0.39 is 6.10 Å². The van der Waals surface area contributed by atoms with Gasteiger partial charge in [0.05, 0.1) is 6.10 Å². The largest absolute Gasteiger partial charge is 0.389 e. The first kappa shape index (κ1) is 13.3. The molecule has 0 spiro atoms. The van der Waals surface area contributed by atoms with Crippen LogP contribution in [-0.4, -0.2) is 15.1 Å². The lowest BCUT2D eigenvalue weighted by atomic mass is 10.1. The molecular weight excluding hydrogens is 271 g/mol. The van der Waals surface area contributed by atoms with Crippen molar-refractivity contribution in [3.63, 3.8) is 0 Å². The molecule has 0 aliphatic carbocycles. The molecule has 0 fully saturated rings. The van der Waals surface area contributed by atoms with Crippen LogP contribution in [0.1, 0.15) is 24.3 Å². The van der Waals surface area contributed by atoms with Gasteiger partial charge in [0.1, 0.15) is 0 Å². The Hall–Kier alpha value is -1.16. The highest BCUT2D eigenvalue weighted by Crippen LogP contribution is 2.26. The van der Waals surface area contributed by atoms with Crippen molar-refractivity contribution < 1.29 is 5.11 Å². The van der Waals surface area contributed by atoms with Crippen LogP contribution < -0.4 is 0 Å². The highest BCUT2D eigenvalue weighted by atomic mass is 35.5. The van der Waals surface area contributed by atoms with Crippen molar-refractivity contribution in [1.82, 2.24) is 9.97 Å². The van der Waals surface area contributed by atoms with Crippen LogP contribution in [-0.2, 0) is 0 Å². The molecular formula is C13H12Cl2N2O. The number of rotatable bonds is 2. The Kier molecular flexibility index (Phi) is 3.85. The number of aryl methyl sites for hydroxylation is 1. The summed E-state index contributed by atoms with van der Waals surface area (Å²) in [6.45, 7) is 3.51. The predicted molar refractivity (Wildman–Crippen MR) is 72.9 cm³/mol. The minimum absolute atomic E-state index is 0.540. The van der Waals surface area contributed by atoms with E-state index in [0.717, 1.165) is 11.3 Å². The Morgan fingerprint density at radius 3 is 2.28 bits per heavy atom. The van der Waals surface area contributed by atoms with Crippen LogP contribution in [0.3, 0.4) is 0 Å². The molecule has 0 saturated heterocycles. The summed E-state index contributed by atoms with van der Waals surface area (Å²) in [5.74, 6) is 0.543. The minimum Gasteiger partial charge on any atom is -0.389 e. The summed E-state index contributed by atoms with van der Waals surface area (Å²) in [4.78, 5) is 8.58. The number of aliphatic hydroxyl groups excluding tert-OH is 1. The van der Waals surface area contributed by atoms with E-state index in [1.807, 2.05) is 6.92 Å². The third kappa shape index (κ3) is 2.80. The summed E-state index contributed by atoms with van der Waals surface area (Å²) in [5, 5.41) is 10.6. The number of hydrogen-bond donors (Lipinski definition) is 1. The molecule has 3 nitrogen and oxygen atoms in total. The van der Waals surface area contributed by atoms with Crippen molar-refractivity contribution in [3.8, 4) is 11.4 Å². The molecule has 0 unspecified atom stereocenters. The highest BCUT2D eigenvalue weighted by molar-refractivity contribution is 6.35. The summed E-state index contributed by atoms with van der Waals surface area (Å²) >= 11 is 11.9. The standard InChI is InChI=1S/C13H12Cl2N2O/c1-7-12(8(2)18)6-16-13(17-7)9-3-10(14)5-11(15)4-9/h3-6,8,18H,1-2H3/t8-/m1/s1. The van der Waals surface area contributed by atoms with Gasteiger partial charge in [-0.3, -0.25) is 0 Å². The molecule has 1 heterocycles. The first-order chi connectivity index (χ1) is 8.47. The Morgan fingerprint density at radius 2 is 1.78 bits per heavy atom. The minimum atomic E-state index is -0.581. The molecule has 0 aliphatic heterocycles. The molecule has 0 radical (unpaired) electrons. The van der Waals surface area contributed by atoms with E-state index in [4.69, 9.17) is 23.2 Å². The third-order valence-corrected chi connectivity index (χ3v) is 3.02. The lowest BCUT2D eigenvalue weighted by molar-refractivity contribution is 0.197. The van der Waals surface area contributed by atoms with E-state index in [-0.39, 0.29) is 0 Å². The summed E-state index contributed by atoms with van der Waals surface area (Å²) in [7, 11) is 0. The number of halogens is 2. The van der Waals surface area contributed by atoms with Gasteiger partial charge >= 0.3 is 0 Å². The van der Waals surface area contributed by atoms with Crippen LogP contribution in [0.4, 0.5) is 0 Å². The van der Waals surface area contributed by atoms with Crippen LogP contribution in [0.15, 0.2) is 24.4 Å². The SMILES string of the molecule is Cc1nc(-c2cc(Cl)cc(Cl)c2)ncc1[C@@H](C)O. The Balaban J connectivity index is 2.48. The molecule has 94 valence electrons. The number of aliphatic hydroxyl groups is 1. The normalized spacial score (nSPS) is 12.5. The number of nitrogens with zero attached hydrogens (tertiary/aromatic N) is 2. The molecule has 0 saturated carbocycles. The van der Waals surface area contributed by atoms with Crippen LogP contribution >= 0.6 is 23.2 Å². The van der Waals surface area contributed by atoms with Gasteiger partial charge in [-0.1, -0.05) is 23.2 Å². The van der Waals surface area contributed by atoms with E-state index in [1.54, 1.807) is 31.3 Å². The summed E-state index contributed by atoms with van der Waals surface area (Å²) in [6, 6.07) is 5.16. The van der Waals surface area contributed by atoms with E-state index in [0.29, 0.717) is 21.4 Å². The van der Waals surface area contributed by atoms with Gasteiger partial charge in [0.15, 0.2) is 5.82 Å². The first-order valence-electron chi connectivity index (χ1n) is 5.45. The van der Waals surface area contributed by atoms with Gasteiger partial charge in [0.25, 0.3) is 0 Å². The Labute approximate surface area is 115 Å². The van der Waals surface area contributed by atoms with Gasteiger partial charge in [-0.05, 0) is 32.0 Å². The van der Waals surface area contributed by atoms with Gasteiger partial charge in [-0.15, -0.1) is 0 Å². The van der Waals surface area contributed by atoms with Crippen molar-refractivity contribution in [1.29, 1.82) is 0 Å². The van der Waals surface area contributed by atoms with E-state index in [1.165, 1.54) is 0 Å². The average molecular weight is 283 g/mol. The number of benzene rings is 1. The molecule has 1 atom stereocenters. The molecule has 0 amide bonds. The van der Waals surface area contributed by atoms with E-state index in [9.17, 15) is 5.11 Å². The fourth-order valence-corrected chi connectivity index (χ4v) is 2.23. The molecule has 0 aliphatic rings. The third-order valence-electron chi connectivity index (χ3n) is 2.59. The molecule has 5 heteroatoms. The zero-order chi connectivity index (χ0) is 13.3. The monoisotopic (exact) mass is 282 g/mol. The summed E-state index contributed by atoms with van der Waals surface area (Å²) in [5.41, 5.74) is 2.21. The van der Waals surface area contributed by atoms with Crippen molar-refractivity contribution in [2.45, 2.75) is 20.0 Å². The molecule has 18 heavy (non-hydrogen) atoms. The zero-order valence-electron chi connectivity index (χ0n) is 9.98. The maximum absolute atomic E-state index is 9.53. The smallest absolute Gasteiger partial charge is 0.159 e. The fraction of sp³-hybridized carbons (Fsp3) is 0.231. The molecule has 0 bridgehead atoms. The van der Waals surface area contributed by atoms with E-state index >= 15 is 0 Å². The van der Waals surface area contributed by atoms with Crippen molar-refractivity contribution >= 4 is 23.2 Å². The summed E-state index contributed by atoms with van der Waals surface area (Å²) < 4.78 is 0. The second kappa shape index (κ2) is 5.22. The van der Waals surface area contributed by atoms with Gasteiger partial charge in [-0.25, -0.2) is 9.97 Å². The maximum atomic E-state index is 9.53. The van der Waals surface area contributed by atoms with Gasteiger partial charge in [0.2, 0.25) is 0 Å². The average Bonchev–Trinajstić information content (AvgIpc) is 2.26. The van der Waals surface area contributed by atoms with Gasteiger partial charge < -0.3 is 5.11 Å². The van der Waals surface area contributed by atoms with Gasteiger partial charge in [-0.2, -0.15) is 0 Å². The van der Waals surface area contributed by atoms with Crippen molar-refractivity contribution in [2.24, 2.45) is 0 Å². The van der Waals surface area contributed by atoms with Crippen LogP contribution in [0.25, 0.3) is 11.4 Å². The second-order valence-electron chi connectivity index (χ2n) is 4.07. The Morgan fingerprint density at radius 1 is 1.17 bits per heavy atom. The lowest BCUT2D eigenvalue weighted by Crippen LogP contribution is -2.01. The summed E-state index contributed by atoms with van der Waals surface area (Å²) in [6.07, 6.45) is 1.04. The predicted octanol–water partition coefficient (Wildman–Crippen LogP) is 3.81. The van der Waals surface area contributed by atoms with E-state index in [2.05, 4.69) is 9.97 Å². The number of aromatic nitrogens is 2. The fourth-order valence-electron chi connectivity index (χ4n) is 1.71. The van der Waals surface area contributed by atoms with Crippen molar-refractivity contribution in [2.75, 3.05) is 0 Å². The van der Waals surface area contributed by atoms with Crippen LogP contribution in [0, 0.1) is 6.92 Å². The highest BCUT2D eigenvalue weighted by Gasteiger charge is 2.10. The quantitative estimate of drug-likeness (QED) is 0.911. The molecule has 2 rings (SSSR count). The van der Waals surface area contributed by atoms with Gasteiger partial charge in [0, 0.05) is 33.1 Å². The van der Waals surface area contributed by atoms with Crippen LogP contribution in [0.2, 0.25) is 10.0 Å². The zero-order valence-corrected chi connectivity index (χ0v) is 11.5. The van der Waals surface area contributed by atoms with Crippen LogP contribution in [0.5, 0.6) is 0 Å². The Bertz CT molecular complexity index is 565. The molecule has 2 aromatic rings. The molecule has 1 aromatic heterocycles. The molecule has 1 aromatic carbocycles.